The monoisotopic (exact) mass is 343 g/mol. The van der Waals surface area contributed by atoms with Crippen molar-refractivity contribution < 1.29 is 4.39 Å². The minimum Gasteiger partial charge on any atom is -0.303 e. The van der Waals surface area contributed by atoms with Gasteiger partial charge in [0.2, 0.25) is 0 Å². The van der Waals surface area contributed by atoms with Crippen LogP contribution in [-0.4, -0.2) is 29.8 Å². The molecule has 1 aliphatic rings. The van der Waals surface area contributed by atoms with Gasteiger partial charge in [-0.05, 0) is 68.1 Å². The second kappa shape index (κ2) is 8.68. The van der Waals surface area contributed by atoms with Crippen molar-refractivity contribution in [1.29, 1.82) is 0 Å². The largest absolute Gasteiger partial charge is 0.303 e. The van der Waals surface area contributed by atoms with E-state index in [-0.39, 0.29) is 5.82 Å². The third-order valence-electron chi connectivity index (χ3n) is 4.81. The quantitative estimate of drug-likeness (QED) is 0.710. The maximum atomic E-state index is 12.9. The molecule has 1 heterocycles. The van der Waals surface area contributed by atoms with Gasteiger partial charge in [-0.2, -0.15) is 0 Å². The molecule has 0 N–H and O–H groups in total. The van der Waals surface area contributed by atoms with Gasteiger partial charge in [-0.15, -0.1) is 11.8 Å². The average molecular weight is 344 g/mol. The Hall–Kier alpha value is -1.32. The van der Waals surface area contributed by atoms with Crippen LogP contribution >= 0.6 is 11.8 Å². The van der Waals surface area contributed by atoms with E-state index in [0.29, 0.717) is 0 Å². The second-order valence-corrected chi connectivity index (χ2v) is 7.84. The minimum absolute atomic E-state index is 0.149. The van der Waals surface area contributed by atoms with Gasteiger partial charge in [0.05, 0.1) is 0 Å². The number of benzene rings is 2. The predicted molar refractivity (Wildman–Crippen MR) is 101 cm³/mol. The number of hydrogen-bond acceptors (Lipinski definition) is 2. The zero-order chi connectivity index (χ0) is 16.8. The number of rotatable bonds is 6. The molecule has 3 heteroatoms. The predicted octanol–water partition coefficient (Wildman–Crippen LogP) is 5.19. The standard InChI is InChI=1S/C21H26FNS/c1-2-18-5-3-4-6-21(18)24-20-12-15-23(16-13-20)14-11-17-7-9-19(22)10-8-17/h3-10,20H,2,11-16H2,1H3. The molecule has 0 atom stereocenters. The molecule has 0 aliphatic carbocycles. The number of halogens is 1. The molecule has 0 saturated carbocycles. The summed E-state index contributed by atoms with van der Waals surface area (Å²) in [6.07, 6.45) is 4.63. The number of aryl methyl sites for hydroxylation is 1. The van der Waals surface area contributed by atoms with E-state index in [9.17, 15) is 4.39 Å². The van der Waals surface area contributed by atoms with E-state index < -0.39 is 0 Å². The minimum atomic E-state index is -0.149. The first-order chi connectivity index (χ1) is 11.7. The molecule has 0 bridgehead atoms. The zero-order valence-corrected chi connectivity index (χ0v) is 15.2. The summed E-state index contributed by atoms with van der Waals surface area (Å²) in [6, 6.07) is 15.7. The highest BCUT2D eigenvalue weighted by molar-refractivity contribution is 8.00. The van der Waals surface area contributed by atoms with Crippen LogP contribution in [0.1, 0.15) is 30.9 Å². The van der Waals surface area contributed by atoms with Crippen molar-refractivity contribution in [2.45, 2.75) is 42.8 Å². The molecule has 0 unspecified atom stereocenters. The molecular weight excluding hydrogens is 317 g/mol. The van der Waals surface area contributed by atoms with E-state index in [0.717, 1.165) is 24.6 Å². The van der Waals surface area contributed by atoms with E-state index in [1.54, 1.807) is 12.1 Å². The van der Waals surface area contributed by atoms with Crippen molar-refractivity contribution in [1.82, 2.24) is 4.90 Å². The second-order valence-electron chi connectivity index (χ2n) is 6.50. The summed E-state index contributed by atoms with van der Waals surface area (Å²) in [5.74, 6) is -0.149. The lowest BCUT2D eigenvalue weighted by atomic mass is 10.1. The van der Waals surface area contributed by atoms with Crippen LogP contribution in [0.25, 0.3) is 0 Å². The normalized spacial score (nSPS) is 16.4. The first-order valence-corrected chi connectivity index (χ1v) is 9.84. The Morgan fingerprint density at radius 1 is 1.04 bits per heavy atom. The molecule has 1 fully saturated rings. The van der Waals surface area contributed by atoms with E-state index in [1.165, 1.54) is 42.0 Å². The van der Waals surface area contributed by atoms with E-state index >= 15 is 0 Å². The van der Waals surface area contributed by atoms with Crippen LogP contribution in [0.3, 0.4) is 0 Å². The van der Waals surface area contributed by atoms with E-state index in [2.05, 4.69) is 47.9 Å². The molecule has 1 nitrogen and oxygen atoms in total. The van der Waals surface area contributed by atoms with Crippen LogP contribution in [-0.2, 0) is 12.8 Å². The highest BCUT2D eigenvalue weighted by Gasteiger charge is 2.20. The molecule has 1 aliphatic heterocycles. The summed E-state index contributed by atoms with van der Waals surface area (Å²) in [4.78, 5) is 4.01. The summed E-state index contributed by atoms with van der Waals surface area (Å²) < 4.78 is 12.9. The van der Waals surface area contributed by atoms with Crippen molar-refractivity contribution in [3.05, 3.63) is 65.5 Å². The van der Waals surface area contributed by atoms with Crippen LogP contribution in [0, 0.1) is 5.82 Å². The number of hydrogen-bond donors (Lipinski definition) is 0. The fraction of sp³-hybridized carbons (Fsp3) is 0.429. The molecule has 24 heavy (non-hydrogen) atoms. The van der Waals surface area contributed by atoms with Gasteiger partial charge in [0, 0.05) is 16.7 Å². The van der Waals surface area contributed by atoms with Crippen molar-refractivity contribution in [3.63, 3.8) is 0 Å². The van der Waals surface area contributed by atoms with Gasteiger partial charge in [-0.25, -0.2) is 4.39 Å². The van der Waals surface area contributed by atoms with Crippen LogP contribution in [0.15, 0.2) is 53.4 Å². The van der Waals surface area contributed by atoms with Crippen molar-refractivity contribution in [2.75, 3.05) is 19.6 Å². The number of likely N-dealkylation sites (tertiary alicyclic amines) is 1. The van der Waals surface area contributed by atoms with Crippen molar-refractivity contribution >= 4 is 11.8 Å². The molecular formula is C21H26FNS. The van der Waals surface area contributed by atoms with Crippen molar-refractivity contribution in [2.24, 2.45) is 0 Å². The number of piperidine rings is 1. The SMILES string of the molecule is CCc1ccccc1SC1CCN(CCc2ccc(F)cc2)CC1. The lowest BCUT2D eigenvalue weighted by molar-refractivity contribution is 0.235. The number of thioether (sulfide) groups is 1. The molecule has 0 radical (unpaired) electrons. The Labute approximate surface area is 149 Å². The van der Waals surface area contributed by atoms with Gasteiger partial charge >= 0.3 is 0 Å². The molecule has 0 aromatic heterocycles. The Kier molecular flexibility index (Phi) is 6.33. The Balaban J connectivity index is 1.44. The summed E-state index contributed by atoms with van der Waals surface area (Å²) in [5.41, 5.74) is 2.70. The molecule has 128 valence electrons. The summed E-state index contributed by atoms with van der Waals surface area (Å²) >= 11 is 2.07. The first-order valence-electron chi connectivity index (χ1n) is 8.96. The average Bonchev–Trinajstić information content (AvgIpc) is 2.63. The molecule has 2 aromatic carbocycles. The smallest absolute Gasteiger partial charge is 0.123 e. The van der Waals surface area contributed by atoms with Crippen LogP contribution in [0.4, 0.5) is 4.39 Å². The highest BCUT2D eigenvalue weighted by atomic mass is 32.2. The first kappa shape index (κ1) is 17.5. The van der Waals surface area contributed by atoms with E-state index in [1.807, 2.05) is 12.1 Å². The van der Waals surface area contributed by atoms with Crippen LogP contribution in [0.5, 0.6) is 0 Å². The Morgan fingerprint density at radius 2 is 1.75 bits per heavy atom. The molecule has 2 aromatic rings. The van der Waals surface area contributed by atoms with Gasteiger partial charge in [-0.1, -0.05) is 37.3 Å². The van der Waals surface area contributed by atoms with Crippen LogP contribution < -0.4 is 0 Å². The number of nitrogens with zero attached hydrogens (tertiary/aromatic N) is 1. The third kappa shape index (κ3) is 4.84. The molecule has 0 spiro atoms. The Morgan fingerprint density at radius 3 is 2.46 bits per heavy atom. The summed E-state index contributed by atoms with van der Waals surface area (Å²) in [6.45, 7) is 5.66. The van der Waals surface area contributed by atoms with Gasteiger partial charge in [0.1, 0.15) is 5.82 Å². The topological polar surface area (TPSA) is 3.24 Å². The summed E-state index contributed by atoms with van der Waals surface area (Å²) in [5, 5.41) is 0.736. The maximum absolute atomic E-state index is 12.9. The lowest BCUT2D eigenvalue weighted by Crippen LogP contribution is -2.36. The molecule has 0 amide bonds. The van der Waals surface area contributed by atoms with Crippen LogP contribution in [0.2, 0.25) is 0 Å². The lowest BCUT2D eigenvalue weighted by Gasteiger charge is -2.32. The fourth-order valence-corrected chi connectivity index (χ4v) is 4.61. The summed E-state index contributed by atoms with van der Waals surface area (Å²) in [7, 11) is 0. The van der Waals surface area contributed by atoms with Gasteiger partial charge in [-0.3, -0.25) is 0 Å². The molecule has 3 rings (SSSR count). The van der Waals surface area contributed by atoms with Gasteiger partial charge in [0.25, 0.3) is 0 Å². The Bertz CT molecular complexity index is 633. The maximum Gasteiger partial charge on any atom is 0.123 e. The highest BCUT2D eigenvalue weighted by Crippen LogP contribution is 2.32. The van der Waals surface area contributed by atoms with Crippen molar-refractivity contribution in [3.8, 4) is 0 Å². The van der Waals surface area contributed by atoms with Gasteiger partial charge < -0.3 is 4.90 Å². The van der Waals surface area contributed by atoms with Gasteiger partial charge in [0.15, 0.2) is 0 Å². The fourth-order valence-electron chi connectivity index (χ4n) is 3.28. The van der Waals surface area contributed by atoms with E-state index in [4.69, 9.17) is 0 Å². The molecule has 1 saturated heterocycles. The third-order valence-corrected chi connectivity index (χ3v) is 6.27. The zero-order valence-electron chi connectivity index (χ0n) is 14.4.